The Balaban J connectivity index is 2.37. The van der Waals surface area contributed by atoms with Crippen LogP contribution in [-0.2, 0) is 10.0 Å². The monoisotopic (exact) mass is 262 g/mol. The molecular weight excluding hydrogens is 248 g/mol. The van der Waals surface area contributed by atoms with Gasteiger partial charge in [0.05, 0.1) is 5.69 Å². The Kier molecular flexibility index (Phi) is 3.25. The lowest BCUT2D eigenvalue weighted by Gasteiger charge is -2.10. The van der Waals surface area contributed by atoms with Gasteiger partial charge in [0.1, 0.15) is 4.90 Å². The molecule has 2 rings (SSSR count). The molecule has 2 aromatic rings. The molecule has 0 aliphatic heterocycles. The summed E-state index contributed by atoms with van der Waals surface area (Å²) in [5.74, 6) is 0. The Hall–Kier alpha value is -2.01. The van der Waals surface area contributed by atoms with E-state index >= 15 is 0 Å². The van der Waals surface area contributed by atoms with Gasteiger partial charge >= 0.3 is 0 Å². The summed E-state index contributed by atoms with van der Waals surface area (Å²) < 4.78 is 26.8. The maximum absolute atomic E-state index is 12.1. The molecule has 18 heavy (non-hydrogen) atoms. The molecule has 0 unspecified atom stereocenters. The fraction of sp³-hybridized carbons (Fsp3) is 0.0769. The molecule has 5 heteroatoms. The van der Waals surface area contributed by atoms with Gasteiger partial charge in [-0.15, -0.1) is 0 Å². The van der Waals surface area contributed by atoms with Gasteiger partial charge in [-0.3, -0.25) is 4.72 Å². The highest BCUT2D eigenvalue weighted by Crippen LogP contribution is 2.22. The first kappa shape index (κ1) is 12.4. The lowest BCUT2D eigenvalue weighted by atomic mass is 10.2. The molecule has 0 fully saturated rings. The fourth-order valence-electron chi connectivity index (χ4n) is 1.63. The number of hydrogen-bond acceptors (Lipinski definition) is 3. The first-order valence-electron chi connectivity index (χ1n) is 5.43. The van der Waals surface area contributed by atoms with Crippen LogP contribution in [0, 0.1) is 6.92 Å². The SMILES string of the molecule is Cc1ccc(S(=O)(=O)Nc2ccccc2)c(N)c1. The zero-order valence-corrected chi connectivity index (χ0v) is 10.7. The van der Waals surface area contributed by atoms with Crippen molar-refractivity contribution < 1.29 is 8.42 Å². The van der Waals surface area contributed by atoms with Gasteiger partial charge in [-0.05, 0) is 36.8 Å². The molecule has 0 saturated heterocycles. The van der Waals surface area contributed by atoms with E-state index < -0.39 is 10.0 Å². The van der Waals surface area contributed by atoms with Gasteiger partial charge in [-0.25, -0.2) is 8.42 Å². The molecule has 0 atom stereocenters. The maximum atomic E-state index is 12.1. The highest BCUT2D eigenvalue weighted by atomic mass is 32.2. The van der Waals surface area contributed by atoms with E-state index in [1.807, 2.05) is 13.0 Å². The first-order chi connectivity index (χ1) is 8.49. The van der Waals surface area contributed by atoms with Crippen LogP contribution in [0.25, 0.3) is 0 Å². The molecule has 0 amide bonds. The van der Waals surface area contributed by atoms with Gasteiger partial charge in [-0.1, -0.05) is 24.3 Å². The third-order valence-electron chi connectivity index (χ3n) is 2.48. The topological polar surface area (TPSA) is 72.2 Å². The van der Waals surface area contributed by atoms with Crippen LogP contribution in [0.5, 0.6) is 0 Å². The number of benzene rings is 2. The quantitative estimate of drug-likeness (QED) is 0.834. The molecule has 2 aromatic carbocycles. The van der Waals surface area contributed by atoms with E-state index in [2.05, 4.69) is 4.72 Å². The van der Waals surface area contributed by atoms with Gasteiger partial charge in [0.25, 0.3) is 10.0 Å². The molecule has 3 N–H and O–H groups in total. The number of hydrogen-bond donors (Lipinski definition) is 2. The number of anilines is 2. The summed E-state index contributed by atoms with van der Waals surface area (Å²) in [7, 11) is -3.64. The van der Waals surface area contributed by atoms with Crippen molar-refractivity contribution in [3.63, 3.8) is 0 Å². The van der Waals surface area contributed by atoms with Crippen molar-refractivity contribution in [2.24, 2.45) is 0 Å². The average Bonchev–Trinajstić information content (AvgIpc) is 2.29. The summed E-state index contributed by atoms with van der Waals surface area (Å²) in [6, 6.07) is 13.6. The van der Waals surface area contributed by atoms with Crippen LogP contribution in [0.1, 0.15) is 5.56 Å². The van der Waals surface area contributed by atoms with Crippen LogP contribution in [0.3, 0.4) is 0 Å². The number of nitrogens with one attached hydrogen (secondary N) is 1. The summed E-state index contributed by atoms with van der Waals surface area (Å²) in [6.07, 6.45) is 0. The van der Waals surface area contributed by atoms with Gasteiger partial charge in [0.2, 0.25) is 0 Å². The number of nitrogen functional groups attached to an aromatic ring is 1. The normalized spacial score (nSPS) is 11.2. The number of aryl methyl sites for hydroxylation is 1. The van der Waals surface area contributed by atoms with E-state index in [-0.39, 0.29) is 10.6 Å². The highest BCUT2D eigenvalue weighted by molar-refractivity contribution is 7.92. The third kappa shape index (κ3) is 2.62. The van der Waals surface area contributed by atoms with E-state index in [9.17, 15) is 8.42 Å². The molecule has 0 saturated carbocycles. The Labute approximate surface area is 107 Å². The van der Waals surface area contributed by atoms with Crippen LogP contribution >= 0.6 is 0 Å². The van der Waals surface area contributed by atoms with Crippen molar-refractivity contribution in [2.45, 2.75) is 11.8 Å². The summed E-state index contributed by atoms with van der Waals surface area (Å²) in [5.41, 5.74) is 7.42. The van der Waals surface area contributed by atoms with Crippen molar-refractivity contribution in [3.05, 3.63) is 54.1 Å². The fourth-order valence-corrected chi connectivity index (χ4v) is 2.80. The zero-order valence-electron chi connectivity index (χ0n) is 9.92. The van der Waals surface area contributed by atoms with Crippen molar-refractivity contribution in [1.82, 2.24) is 0 Å². The molecule has 0 radical (unpaired) electrons. The Bertz CT molecular complexity index is 652. The molecule has 94 valence electrons. The number of rotatable bonds is 3. The summed E-state index contributed by atoms with van der Waals surface area (Å²) >= 11 is 0. The highest BCUT2D eigenvalue weighted by Gasteiger charge is 2.17. The lowest BCUT2D eigenvalue weighted by Crippen LogP contribution is -2.14. The minimum atomic E-state index is -3.64. The van der Waals surface area contributed by atoms with Crippen molar-refractivity contribution in [3.8, 4) is 0 Å². The van der Waals surface area contributed by atoms with Gasteiger partial charge in [0.15, 0.2) is 0 Å². The molecule has 0 spiro atoms. The van der Waals surface area contributed by atoms with Gasteiger partial charge in [-0.2, -0.15) is 0 Å². The first-order valence-corrected chi connectivity index (χ1v) is 6.91. The van der Waals surface area contributed by atoms with Gasteiger partial charge in [0, 0.05) is 5.69 Å². The minimum absolute atomic E-state index is 0.0944. The van der Waals surface area contributed by atoms with E-state index in [1.165, 1.54) is 6.07 Å². The van der Waals surface area contributed by atoms with Crippen LogP contribution in [-0.4, -0.2) is 8.42 Å². The second-order valence-electron chi connectivity index (χ2n) is 4.01. The van der Waals surface area contributed by atoms with Crippen LogP contribution in [0.2, 0.25) is 0 Å². The Morgan fingerprint density at radius 3 is 2.33 bits per heavy atom. The van der Waals surface area contributed by atoms with E-state index in [4.69, 9.17) is 5.73 Å². The Morgan fingerprint density at radius 2 is 1.72 bits per heavy atom. The predicted octanol–water partition coefficient (Wildman–Crippen LogP) is 2.38. The van der Waals surface area contributed by atoms with Crippen molar-refractivity contribution in [1.29, 1.82) is 0 Å². The summed E-state index contributed by atoms with van der Waals surface area (Å²) in [6.45, 7) is 1.86. The van der Waals surface area contributed by atoms with Crippen LogP contribution < -0.4 is 10.5 Å². The summed E-state index contributed by atoms with van der Waals surface area (Å²) in [4.78, 5) is 0.0944. The predicted molar refractivity (Wildman–Crippen MR) is 72.8 cm³/mol. The molecule has 0 bridgehead atoms. The Morgan fingerprint density at radius 1 is 1.06 bits per heavy atom. The summed E-state index contributed by atoms with van der Waals surface area (Å²) in [5, 5.41) is 0. The van der Waals surface area contributed by atoms with E-state index in [0.29, 0.717) is 5.69 Å². The molecule has 0 aromatic heterocycles. The third-order valence-corrected chi connectivity index (χ3v) is 3.94. The molecule has 0 aliphatic rings. The van der Waals surface area contributed by atoms with Gasteiger partial charge < -0.3 is 5.73 Å². The molecule has 0 aliphatic carbocycles. The van der Waals surface area contributed by atoms with Crippen LogP contribution in [0.15, 0.2) is 53.4 Å². The molecule has 4 nitrogen and oxygen atoms in total. The van der Waals surface area contributed by atoms with Crippen molar-refractivity contribution >= 4 is 21.4 Å². The number of sulfonamides is 1. The van der Waals surface area contributed by atoms with Crippen molar-refractivity contribution in [2.75, 3.05) is 10.5 Å². The number of para-hydroxylation sites is 1. The van der Waals surface area contributed by atoms with E-state index in [1.54, 1.807) is 36.4 Å². The largest absolute Gasteiger partial charge is 0.398 e. The average molecular weight is 262 g/mol. The number of nitrogens with two attached hydrogens (primary N) is 1. The molecule has 0 heterocycles. The minimum Gasteiger partial charge on any atom is -0.398 e. The second kappa shape index (κ2) is 4.70. The maximum Gasteiger partial charge on any atom is 0.263 e. The smallest absolute Gasteiger partial charge is 0.263 e. The van der Waals surface area contributed by atoms with Crippen LogP contribution in [0.4, 0.5) is 11.4 Å². The standard InChI is InChI=1S/C13H14N2O2S/c1-10-7-8-13(12(14)9-10)18(16,17)15-11-5-3-2-4-6-11/h2-9,15H,14H2,1H3. The van der Waals surface area contributed by atoms with E-state index in [0.717, 1.165) is 5.56 Å². The molecular formula is C13H14N2O2S. The second-order valence-corrected chi connectivity index (χ2v) is 5.66. The lowest BCUT2D eigenvalue weighted by molar-refractivity contribution is 0.601. The zero-order chi connectivity index (χ0) is 13.2.